The Kier molecular flexibility index (Phi) is 4.16. The maximum atomic E-state index is 11.5. The molecule has 0 aromatic heterocycles. The summed E-state index contributed by atoms with van der Waals surface area (Å²) in [5.41, 5.74) is 10.3. The molecule has 8 heteroatoms. The Morgan fingerprint density at radius 1 is 1.47 bits per heavy atom. The molecule has 0 aromatic rings. The van der Waals surface area contributed by atoms with Crippen molar-refractivity contribution in [1.29, 1.82) is 0 Å². The van der Waals surface area contributed by atoms with Gasteiger partial charge in [0.2, 0.25) is 23.6 Å². The molecule has 1 unspecified atom stereocenters. The Bertz CT molecular complexity index is 368. The van der Waals surface area contributed by atoms with Crippen LogP contribution in [0.25, 0.3) is 0 Å². The number of piperidine rings is 1. The Hall–Kier alpha value is -1.96. The van der Waals surface area contributed by atoms with Gasteiger partial charge in [0.25, 0.3) is 0 Å². The molecule has 6 N–H and O–H groups in total. The molecule has 1 saturated heterocycles. The summed E-state index contributed by atoms with van der Waals surface area (Å²) < 4.78 is 0. The summed E-state index contributed by atoms with van der Waals surface area (Å²) >= 11 is 0. The first-order valence-electron chi connectivity index (χ1n) is 5.08. The van der Waals surface area contributed by atoms with Crippen LogP contribution in [0.3, 0.4) is 0 Å². The van der Waals surface area contributed by atoms with Gasteiger partial charge in [-0.1, -0.05) is 0 Å². The smallest absolute Gasteiger partial charge is 0.249 e. The van der Waals surface area contributed by atoms with Crippen molar-refractivity contribution < 1.29 is 19.2 Å². The van der Waals surface area contributed by atoms with Gasteiger partial charge in [-0.3, -0.25) is 24.5 Å². The molecule has 1 aliphatic heterocycles. The molecule has 0 spiro atoms. The zero-order valence-corrected chi connectivity index (χ0v) is 9.06. The summed E-state index contributed by atoms with van der Waals surface area (Å²) in [6.45, 7) is 0. The Morgan fingerprint density at radius 3 is 2.65 bits per heavy atom. The summed E-state index contributed by atoms with van der Waals surface area (Å²) in [6.07, 6.45) is 0.0839. The minimum atomic E-state index is -1.09. The average molecular weight is 242 g/mol. The maximum absolute atomic E-state index is 11.5. The van der Waals surface area contributed by atoms with E-state index in [-0.39, 0.29) is 25.2 Å². The number of carbonyl (C=O) groups excluding carboxylic acids is 4. The van der Waals surface area contributed by atoms with Crippen molar-refractivity contribution in [2.24, 2.45) is 11.5 Å². The molecule has 17 heavy (non-hydrogen) atoms. The second-order valence-electron chi connectivity index (χ2n) is 3.79. The van der Waals surface area contributed by atoms with Crippen molar-refractivity contribution in [2.75, 3.05) is 0 Å². The van der Waals surface area contributed by atoms with Gasteiger partial charge in [0.1, 0.15) is 6.04 Å². The standard InChI is InChI=1S/C9H14N4O4/c10-4(3-6(11)14)8(16)12-5-1-2-7(15)13-9(5)17/h4-5H,1-3,10H2,(H2,11,14)(H,12,16)(H,13,15,17)/t4-,5?/m0/s1. The quantitative estimate of drug-likeness (QED) is 0.391. The van der Waals surface area contributed by atoms with Gasteiger partial charge in [0.05, 0.1) is 12.5 Å². The maximum Gasteiger partial charge on any atom is 0.249 e. The fraction of sp³-hybridized carbons (Fsp3) is 0.556. The van der Waals surface area contributed by atoms with Gasteiger partial charge in [-0.15, -0.1) is 0 Å². The van der Waals surface area contributed by atoms with Crippen LogP contribution in [0.5, 0.6) is 0 Å². The Labute approximate surface area is 97.1 Å². The highest BCUT2D eigenvalue weighted by atomic mass is 16.2. The van der Waals surface area contributed by atoms with Gasteiger partial charge in [0.15, 0.2) is 0 Å². The fourth-order valence-electron chi connectivity index (χ4n) is 1.42. The minimum Gasteiger partial charge on any atom is -0.370 e. The molecule has 8 nitrogen and oxygen atoms in total. The van der Waals surface area contributed by atoms with Crippen molar-refractivity contribution in [3.05, 3.63) is 0 Å². The third-order valence-corrected chi connectivity index (χ3v) is 2.31. The van der Waals surface area contributed by atoms with E-state index in [1.54, 1.807) is 0 Å². The van der Waals surface area contributed by atoms with Crippen LogP contribution in [0.1, 0.15) is 19.3 Å². The molecule has 0 saturated carbocycles. The number of carbonyl (C=O) groups is 4. The number of nitrogens with one attached hydrogen (secondary N) is 2. The number of imide groups is 1. The zero-order valence-electron chi connectivity index (χ0n) is 9.06. The van der Waals surface area contributed by atoms with E-state index in [0.717, 1.165) is 0 Å². The molecule has 1 heterocycles. The first kappa shape index (κ1) is 13.1. The molecule has 0 aromatic carbocycles. The second-order valence-corrected chi connectivity index (χ2v) is 3.79. The van der Waals surface area contributed by atoms with Crippen LogP contribution in [0.2, 0.25) is 0 Å². The minimum absolute atomic E-state index is 0.155. The van der Waals surface area contributed by atoms with Crippen molar-refractivity contribution in [3.63, 3.8) is 0 Å². The average Bonchev–Trinajstić information content (AvgIpc) is 2.21. The van der Waals surface area contributed by atoms with E-state index in [1.807, 2.05) is 0 Å². The number of amides is 4. The van der Waals surface area contributed by atoms with Crippen LogP contribution >= 0.6 is 0 Å². The Balaban J connectivity index is 2.48. The van der Waals surface area contributed by atoms with Crippen LogP contribution < -0.4 is 22.1 Å². The predicted molar refractivity (Wildman–Crippen MR) is 56.1 cm³/mol. The highest BCUT2D eigenvalue weighted by Crippen LogP contribution is 2.04. The lowest BCUT2D eigenvalue weighted by atomic mass is 10.1. The molecule has 0 bridgehead atoms. The van der Waals surface area contributed by atoms with Gasteiger partial charge in [-0.25, -0.2) is 0 Å². The zero-order chi connectivity index (χ0) is 13.0. The van der Waals surface area contributed by atoms with Gasteiger partial charge >= 0.3 is 0 Å². The lowest BCUT2D eigenvalue weighted by Crippen LogP contribution is -2.55. The first-order valence-corrected chi connectivity index (χ1v) is 5.08. The molecule has 2 atom stereocenters. The number of hydrogen-bond acceptors (Lipinski definition) is 5. The SMILES string of the molecule is NC(=O)C[C@H](N)C(=O)NC1CCC(=O)NC1=O. The van der Waals surface area contributed by atoms with Crippen LogP contribution in [-0.4, -0.2) is 35.7 Å². The molecule has 1 aliphatic rings. The number of rotatable bonds is 4. The monoisotopic (exact) mass is 242 g/mol. The number of nitrogens with two attached hydrogens (primary N) is 2. The van der Waals surface area contributed by atoms with Gasteiger partial charge < -0.3 is 16.8 Å². The molecule has 1 rings (SSSR count). The van der Waals surface area contributed by atoms with Crippen LogP contribution in [0, 0.1) is 0 Å². The van der Waals surface area contributed by atoms with E-state index < -0.39 is 29.8 Å². The van der Waals surface area contributed by atoms with Crippen molar-refractivity contribution >= 4 is 23.6 Å². The van der Waals surface area contributed by atoms with Crippen molar-refractivity contribution in [3.8, 4) is 0 Å². The van der Waals surface area contributed by atoms with Crippen LogP contribution in [-0.2, 0) is 19.2 Å². The highest BCUT2D eigenvalue weighted by Gasteiger charge is 2.29. The predicted octanol–water partition coefficient (Wildman–Crippen LogP) is -2.89. The van der Waals surface area contributed by atoms with Gasteiger partial charge in [-0.05, 0) is 6.42 Å². The summed E-state index contributed by atoms with van der Waals surface area (Å²) in [7, 11) is 0. The van der Waals surface area contributed by atoms with E-state index in [9.17, 15) is 19.2 Å². The topological polar surface area (TPSA) is 144 Å². The molecule has 94 valence electrons. The Morgan fingerprint density at radius 2 is 2.12 bits per heavy atom. The summed E-state index contributed by atoms with van der Waals surface area (Å²) in [4.78, 5) is 44.2. The normalized spacial score (nSPS) is 21.6. The largest absolute Gasteiger partial charge is 0.370 e. The van der Waals surface area contributed by atoms with E-state index in [0.29, 0.717) is 0 Å². The molecule has 4 amide bonds. The van der Waals surface area contributed by atoms with Crippen LogP contribution in [0.15, 0.2) is 0 Å². The summed E-state index contributed by atoms with van der Waals surface area (Å²) in [5, 5.41) is 4.45. The summed E-state index contributed by atoms with van der Waals surface area (Å²) in [6, 6.07) is -1.88. The van der Waals surface area contributed by atoms with Crippen molar-refractivity contribution in [1.82, 2.24) is 10.6 Å². The lowest BCUT2D eigenvalue weighted by molar-refractivity contribution is -0.137. The second kappa shape index (κ2) is 5.39. The fourth-order valence-corrected chi connectivity index (χ4v) is 1.42. The summed E-state index contributed by atoms with van der Waals surface area (Å²) in [5.74, 6) is -2.28. The molecular weight excluding hydrogens is 228 g/mol. The molecule has 0 radical (unpaired) electrons. The van der Waals surface area contributed by atoms with Gasteiger partial charge in [0, 0.05) is 6.42 Å². The van der Waals surface area contributed by atoms with E-state index in [2.05, 4.69) is 10.6 Å². The highest BCUT2D eigenvalue weighted by molar-refractivity contribution is 6.02. The first-order chi connectivity index (χ1) is 7.90. The third-order valence-electron chi connectivity index (χ3n) is 2.31. The van der Waals surface area contributed by atoms with Crippen LogP contribution in [0.4, 0.5) is 0 Å². The van der Waals surface area contributed by atoms with E-state index in [1.165, 1.54) is 0 Å². The number of primary amides is 1. The third kappa shape index (κ3) is 3.83. The van der Waals surface area contributed by atoms with Crippen molar-refractivity contribution in [2.45, 2.75) is 31.3 Å². The lowest BCUT2D eigenvalue weighted by Gasteiger charge is -2.23. The van der Waals surface area contributed by atoms with E-state index >= 15 is 0 Å². The number of hydrogen-bond donors (Lipinski definition) is 4. The molecular formula is C9H14N4O4. The van der Waals surface area contributed by atoms with E-state index in [4.69, 9.17) is 11.5 Å². The molecule has 1 fully saturated rings. The van der Waals surface area contributed by atoms with Gasteiger partial charge in [-0.2, -0.15) is 0 Å². The molecule has 0 aliphatic carbocycles.